The number of aryl methyl sites for hydroxylation is 1. The van der Waals surface area contributed by atoms with Crippen LogP contribution in [0.25, 0.3) is 10.8 Å². The van der Waals surface area contributed by atoms with Gasteiger partial charge in [0.05, 0.1) is 0 Å². The topological polar surface area (TPSA) is 12.9 Å². The van der Waals surface area contributed by atoms with Gasteiger partial charge in [-0.3, -0.25) is 4.98 Å². The number of alkyl halides is 1. The van der Waals surface area contributed by atoms with E-state index in [0.717, 1.165) is 11.3 Å². The summed E-state index contributed by atoms with van der Waals surface area (Å²) in [5.74, 6) is 0.522. The molecule has 0 unspecified atom stereocenters. The third-order valence-corrected chi connectivity index (χ3v) is 2.51. The Labute approximate surface area is 82.4 Å². The Hall–Kier alpha value is -1.08. The average molecular weight is 192 g/mol. The quantitative estimate of drug-likeness (QED) is 0.631. The average Bonchev–Trinajstić information content (AvgIpc) is 2.19. The van der Waals surface area contributed by atoms with Crippen molar-refractivity contribution >= 4 is 22.4 Å². The maximum atomic E-state index is 5.82. The molecule has 66 valence electrons. The molecule has 0 fully saturated rings. The minimum atomic E-state index is 0.522. The standard InChI is InChI=1S/C11H10ClN/c1-8-10-4-2-3-5-11(10)9(6-12)7-13-8/h2-5,7H,6H2,1H3. The number of halogens is 1. The zero-order valence-corrected chi connectivity index (χ0v) is 8.17. The lowest BCUT2D eigenvalue weighted by Crippen LogP contribution is -1.88. The molecule has 0 aliphatic carbocycles. The van der Waals surface area contributed by atoms with Gasteiger partial charge in [0.15, 0.2) is 0 Å². The SMILES string of the molecule is Cc1ncc(CCl)c2ccccc12. The lowest BCUT2D eigenvalue weighted by molar-refractivity contribution is 1.20. The van der Waals surface area contributed by atoms with Gasteiger partial charge in [-0.15, -0.1) is 11.6 Å². The van der Waals surface area contributed by atoms with Gasteiger partial charge in [0.1, 0.15) is 0 Å². The highest BCUT2D eigenvalue weighted by Gasteiger charge is 2.01. The number of fused-ring (bicyclic) bond motifs is 1. The molecule has 1 aromatic heterocycles. The molecule has 0 spiro atoms. The zero-order valence-electron chi connectivity index (χ0n) is 7.42. The maximum absolute atomic E-state index is 5.82. The van der Waals surface area contributed by atoms with Crippen molar-refractivity contribution in [1.29, 1.82) is 0 Å². The number of aromatic nitrogens is 1. The molecule has 2 aromatic rings. The van der Waals surface area contributed by atoms with Crippen LogP contribution in [0.1, 0.15) is 11.3 Å². The van der Waals surface area contributed by atoms with Crippen molar-refractivity contribution in [1.82, 2.24) is 4.98 Å². The Balaban J connectivity index is 2.84. The maximum Gasteiger partial charge on any atom is 0.0495 e. The first-order valence-corrected chi connectivity index (χ1v) is 4.75. The molecule has 0 aliphatic rings. The molecule has 1 nitrogen and oxygen atoms in total. The highest BCUT2D eigenvalue weighted by atomic mass is 35.5. The van der Waals surface area contributed by atoms with Gasteiger partial charge in [0, 0.05) is 23.2 Å². The van der Waals surface area contributed by atoms with Crippen LogP contribution in [0.5, 0.6) is 0 Å². The number of pyridine rings is 1. The van der Waals surface area contributed by atoms with Crippen LogP contribution < -0.4 is 0 Å². The molecule has 0 aliphatic heterocycles. The first kappa shape index (κ1) is 8.52. The van der Waals surface area contributed by atoms with E-state index in [1.54, 1.807) is 0 Å². The van der Waals surface area contributed by atoms with Gasteiger partial charge in [-0.2, -0.15) is 0 Å². The van der Waals surface area contributed by atoms with E-state index < -0.39 is 0 Å². The summed E-state index contributed by atoms with van der Waals surface area (Å²) < 4.78 is 0. The third-order valence-electron chi connectivity index (χ3n) is 2.22. The van der Waals surface area contributed by atoms with Crippen LogP contribution in [-0.2, 0) is 5.88 Å². The van der Waals surface area contributed by atoms with Crippen LogP contribution in [0, 0.1) is 6.92 Å². The number of rotatable bonds is 1. The number of benzene rings is 1. The first-order valence-electron chi connectivity index (χ1n) is 4.22. The van der Waals surface area contributed by atoms with Crippen LogP contribution in [0.4, 0.5) is 0 Å². The van der Waals surface area contributed by atoms with Crippen LogP contribution >= 0.6 is 11.6 Å². The predicted octanol–water partition coefficient (Wildman–Crippen LogP) is 3.28. The van der Waals surface area contributed by atoms with E-state index in [1.807, 2.05) is 25.3 Å². The highest BCUT2D eigenvalue weighted by Crippen LogP contribution is 2.21. The van der Waals surface area contributed by atoms with Gasteiger partial charge in [0.25, 0.3) is 0 Å². The summed E-state index contributed by atoms with van der Waals surface area (Å²) in [4.78, 5) is 4.29. The van der Waals surface area contributed by atoms with Gasteiger partial charge in [-0.25, -0.2) is 0 Å². The molecule has 0 radical (unpaired) electrons. The fraction of sp³-hybridized carbons (Fsp3) is 0.182. The van der Waals surface area contributed by atoms with E-state index >= 15 is 0 Å². The summed E-state index contributed by atoms with van der Waals surface area (Å²) >= 11 is 5.82. The molecule has 13 heavy (non-hydrogen) atoms. The Morgan fingerprint density at radius 1 is 1.23 bits per heavy atom. The molecule has 0 amide bonds. The Morgan fingerprint density at radius 2 is 1.92 bits per heavy atom. The molecule has 1 heterocycles. The first-order chi connectivity index (χ1) is 6.33. The summed E-state index contributed by atoms with van der Waals surface area (Å²) in [6.45, 7) is 2.01. The summed E-state index contributed by atoms with van der Waals surface area (Å²) in [7, 11) is 0. The Bertz CT molecular complexity index is 437. The second-order valence-electron chi connectivity index (χ2n) is 3.05. The second kappa shape index (κ2) is 3.35. The van der Waals surface area contributed by atoms with Crippen molar-refractivity contribution in [2.45, 2.75) is 12.8 Å². The van der Waals surface area contributed by atoms with Crippen LogP contribution in [0.2, 0.25) is 0 Å². The van der Waals surface area contributed by atoms with Crippen LogP contribution in [0.3, 0.4) is 0 Å². The monoisotopic (exact) mass is 191 g/mol. The smallest absolute Gasteiger partial charge is 0.0495 e. The fourth-order valence-electron chi connectivity index (χ4n) is 1.50. The lowest BCUT2D eigenvalue weighted by atomic mass is 10.1. The summed E-state index contributed by atoms with van der Waals surface area (Å²) in [6.07, 6.45) is 1.85. The van der Waals surface area contributed by atoms with Crippen molar-refractivity contribution in [3.8, 4) is 0 Å². The summed E-state index contributed by atoms with van der Waals surface area (Å²) in [5, 5.41) is 2.41. The van der Waals surface area contributed by atoms with Gasteiger partial charge in [0.2, 0.25) is 0 Å². The van der Waals surface area contributed by atoms with Gasteiger partial charge in [-0.1, -0.05) is 24.3 Å². The molecule has 2 heteroatoms. The van der Waals surface area contributed by atoms with Crippen molar-refractivity contribution < 1.29 is 0 Å². The molecule has 0 bridgehead atoms. The van der Waals surface area contributed by atoms with E-state index in [9.17, 15) is 0 Å². The molecule has 0 N–H and O–H groups in total. The summed E-state index contributed by atoms with van der Waals surface area (Å²) in [6, 6.07) is 8.21. The molecule has 0 saturated carbocycles. The second-order valence-corrected chi connectivity index (χ2v) is 3.32. The molecule has 1 aromatic carbocycles. The zero-order chi connectivity index (χ0) is 9.26. The predicted molar refractivity (Wildman–Crippen MR) is 56.0 cm³/mol. The van der Waals surface area contributed by atoms with Crippen LogP contribution in [-0.4, -0.2) is 4.98 Å². The molecule has 0 atom stereocenters. The Morgan fingerprint density at radius 3 is 2.62 bits per heavy atom. The third kappa shape index (κ3) is 1.40. The number of hydrogen-bond acceptors (Lipinski definition) is 1. The number of nitrogens with zero attached hydrogens (tertiary/aromatic N) is 1. The van der Waals surface area contributed by atoms with Crippen LogP contribution in [0.15, 0.2) is 30.5 Å². The lowest BCUT2D eigenvalue weighted by Gasteiger charge is -2.04. The number of hydrogen-bond donors (Lipinski definition) is 0. The molecular weight excluding hydrogens is 182 g/mol. The summed E-state index contributed by atoms with van der Waals surface area (Å²) in [5.41, 5.74) is 2.16. The van der Waals surface area contributed by atoms with E-state index in [2.05, 4.69) is 17.1 Å². The largest absolute Gasteiger partial charge is 0.261 e. The minimum Gasteiger partial charge on any atom is -0.261 e. The van der Waals surface area contributed by atoms with Crippen molar-refractivity contribution in [3.05, 3.63) is 41.7 Å². The van der Waals surface area contributed by atoms with E-state index in [0.29, 0.717) is 5.88 Å². The van der Waals surface area contributed by atoms with Crippen molar-refractivity contribution in [3.63, 3.8) is 0 Å². The van der Waals surface area contributed by atoms with Crippen molar-refractivity contribution in [2.75, 3.05) is 0 Å². The Kier molecular flexibility index (Phi) is 2.19. The normalized spacial score (nSPS) is 10.6. The van der Waals surface area contributed by atoms with E-state index in [-0.39, 0.29) is 0 Å². The van der Waals surface area contributed by atoms with E-state index in [1.165, 1.54) is 10.8 Å². The van der Waals surface area contributed by atoms with Gasteiger partial charge < -0.3 is 0 Å². The highest BCUT2D eigenvalue weighted by molar-refractivity contribution is 6.18. The molecular formula is C11H10ClN. The van der Waals surface area contributed by atoms with E-state index in [4.69, 9.17) is 11.6 Å². The van der Waals surface area contributed by atoms with Gasteiger partial charge in [-0.05, 0) is 17.9 Å². The fourth-order valence-corrected chi connectivity index (χ4v) is 1.71. The molecule has 0 saturated heterocycles. The van der Waals surface area contributed by atoms with Crippen molar-refractivity contribution in [2.24, 2.45) is 0 Å². The van der Waals surface area contributed by atoms with Gasteiger partial charge >= 0.3 is 0 Å². The minimum absolute atomic E-state index is 0.522. The molecule has 2 rings (SSSR count).